The Bertz CT molecular complexity index is 1190. The van der Waals surface area contributed by atoms with Gasteiger partial charge in [0, 0.05) is 35.7 Å². The van der Waals surface area contributed by atoms with Crippen molar-refractivity contribution in [3.05, 3.63) is 70.7 Å². The summed E-state index contributed by atoms with van der Waals surface area (Å²) in [5.74, 6) is -0.206. The van der Waals surface area contributed by atoms with Crippen LogP contribution in [0.4, 0.5) is 4.79 Å². The minimum absolute atomic E-state index is 0.206. The molecule has 1 saturated heterocycles. The first-order chi connectivity index (χ1) is 16.2. The first kappa shape index (κ1) is 24.4. The number of carbonyl (C=O) groups is 1. The Kier molecular flexibility index (Phi) is 7.06. The minimum atomic E-state index is -4.04. The van der Waals surface area contributed by atoms with Crippen LogP contribution in [0, 0.1) is 10.8 Å². The van der Waals surface area contributed by atoms with Gasteiger partial charge in [-0.3, -0.25) is 0 Å². The molecule has 0 bridgehead atoms. The van der Waals surface area contributed by atoms with Gasteiger partial charge in [0.2, 0.25) is 0 Å². The fraction of sp³-hybridized carbons (Fsp3) is 0.375. The molecule has 4 rings (SSSR count). The first-order valence-electron chi connectivity index (χ1n) is 11.2. The molecule has 0 radical (unpaired) electrons. The van der Waals surface area contributed by atoms with Crippen LogP contribution in [0.3, 0.4) is 0 Å². The van der Waals surface area contributed by atoms with Crippen molar-refractivity contribution in [3.8, 4) is 0 Å². The third-order valence-electron chi connectivity index (χ3n) is 6.48. The van der Waals surface area contributed by atoms with Crippen molar-refractivity contribution in [3.63, 3.8) is 0 Å². The second kappa shape index (κ2) is 9.85. The molecule has 1 fully saturated rings. The summed E-state index contributed by atoms with van der Waals surface area (Å²) in [7, 11) is -4.04. The fourth-order valence-corrected chi connectivity index (χ4v) is 5.63. The highest BCUT2D eigenvalue weighted by Crippen LogP contribution is 2.31. The van der Waals surface area contributed by atoms with Gasteiger partial charge >= 0.3 is 16.2 Å². The summed E-state index contributed by atoms with van der Waals surface area (Å²) in [4.78, 5) is 13.0. The summed E-state index contributed by atoms with van der Waals surface area (Å²) in [6, 6.07) is 16.1. The van der Waals surface area contributed by atoms with Crippen molar-refractivity contribution in [1.29, 1.82) is 5.41 Å². The molecule has 34 heavy (non-hydrogen) atoms. The summed E-state index contributed by atoms with van der Waals surface area (Å²) in [5, 5.41) is 13.9. The summed E-state index contributed by atoms with van der Waals surface area (Å²) < 4.78 is 29.5. The van der Waals surface area contributed by atoms with Crippen molar-refractivity contribution in [2.75, 3.05) is 19.6 Å². The smallest absolute Gasteiger partial charge is 0.313 e. The molecule has 2 unspecified atom stereocenters. The topological polar surface area (TPSA) is 106 Å². The SMILES string of the molecule is CC1(C=N)CCCN(S(=O)(=O)NC(=O)N2CC(c3ccccc3)C(c3ccc(Cl)cc3)=N2)CC1. The van der Waals surface area contributed by atoms with E-state index in [1.165, 1.54) is 15.5 Å². The number of urea groups is 1. The number of nitrogens with one attached hydrogen (secondary N) is 2. The largest absolute Gasteiger partial charge is 0.352 e. The Labute approximate surface area is 205 Å². The molecule has 2 aliphatic heterocycles. The molecule has 2 amide bonds. The quantitative estimate of drug-likeness (QED) is 0.598. The van der Waals surface area contributed by atoms with Crippen LogP contribution < -0.4 is 4.72 Å². The highest BCUT2D eigenvalue weighted by molar-refractivity contribution is 7.87. The Balaban J connectivity index is 1.54. The van der Waals surface area contributed by atoms with Gasteiger partial charge in [0.25, 0.3) is 0 Å². The molecule has 0 spiro atoms. The lowest BCUT2D eigenvalue weighted by atomic mass is 9.84. The van der Waals surface area contributed by atoms with Gasteiger partial charge in [-0.1, -0.05) is 61.0 Å². The second-order valence-electron chi connectivity index (χ2n) is 9.00. The predicted octanol–water partition coefficient (Wildman–Crippen LogP) is 4.24. The molecular formula is C24H28ClN5O3S. The highest BCUT2D eigenvalue weighted by atomic mass is 35.5. The number of amides is 2. The molecule has 8 nitrogen and oxygen atoms in total. The number of nitrogens with zero attached hydrogens (tertiary/aromatic N) is 3. The molecular weight excluding hydrogens is 474 g/mol. The lowest BCUT2D eigenvalue weighted by Gasteiger charge is -2.24. The van der Waals surface area contributed by atoms with Crippen LogP contribution in [0.1, 0.15) is 43.2 Å². The maximum atomic E-state index is 13.0. The number of rotatable bonds is 5. The molecule has 2 aromatic rings. The zero-order valence-electron chi connectivity index (χ0n) is 18.9. The van der Waals surface area contributed by atoms with E-state index in [1.807, 2.05) is 49.4 Å². The van der Waals surface area contributed by atoms with Crippen molar-refractivity contribution in [2.24, 2.45) is 10.5 Å². The number of hydrogen-bond acceptors (Lipinski definition) is 5. The van der Waals surface area contributed by atoms with Gasteiger partial charge in [0.1, 0.15) is 0 Å². The van der Waals surface area contributed by atoms with Gasteiger partial charge in [-0.2, -0.15) is 17.8 Å². The molecule has 0 aromatic heterocycles. The number of benzene rings is 2. The summed E-state index contributed by atoms with van der Waals surface area (Å²) in [6.07, 6.45) is 3.28. The summed E-state index contributed by atoms with van der Waals surface area (Å²) in [5.41, 5.74) is 2.14. The highest BCUT2D eigenvalue weighted by Gasteiger charge is 2.36. The lowest BCUT2D eigenvalue weighted by Crippen LogP contribution is -2.47. The normalized spacial score (nSPS) is 23.8. The molecule has 0 aliphatic carbocycles. The second-order valence-corrected chi connectivity index (χ2v) is 11.1. The monoisotopic (exact) mass is 501 g/mol. The van der Waals surface area contributed by atoms with E-state index in [2.05, 4.69) is 9.82 Å². The van der Waals surface area contributed by atoms with Crippen LogP contribution in [0.2, 0.25) is 5.02 Å². The zero-order chi connectivity index (χ0) is 24.3. The first-order valence-corrected chi connectivity index (χ1v) is 13.0. The van der Waals surface area contributed by atoms with E-state index in [9.17, 15) is 13.2 Å². The number of halogens is 1. The molecule has 2 heterocycles. The van der Waals surface area contributed by atoms with Crippen LogP contribution >= 0.6 is 11.6 Å². The van der Waals surface area contributed by atoms with E-state index in [4.69, 9.17) is 17.0 Å². The van der Waals surface area contributed by atoms with Gasteiger partial charge in [0.15, 0.2) is 0 Å². The van der Waals surface area contributed by atoms with E-state index in [0.717, 1.165) is 17.5 Å². The Morgan fingerprint density at radius 1 is 1.15 bits per heavy atom. The van der Waals surface area contributed by atoms with Crippen molar-refractivity contribution >= 4 is 39.8 Å². The molecule has 2 aromatic carbocycles. The number of carbonyl (C=O) groups excluding carboxylic acids is 1. The number of hydrogen-bond donors (Lipinski definition) is 2. The van der Waals surface area contributed by atoms with E-state index < -0.39 is 16.2 Å². The van der Waals surface area contributed by atoms with Gasteiger partial charge in [-0.15, -0.1) is 0 Å². The van der Waals surface area contributed by atoms with E-state index in [1.54, 1.807) is 12.1 Å². The van der Waals surface area contributed by atoms with Crippen molar-refractivity contribution in [2.45, 2.75) is 32.1 Å². The van der Waals surface area contributed by atoms with Crippen LogP contribution in [0.25, 0.3) is 0 Å². The van der Waals surface area contributed by atoms with E-state index >= 15 is 0 Å². The average Bonchev–Trinajstić information content (AvgIpc) is 3.17. The molecule has 2 atom stereocenters. The van der Waals surface area contributed by atoms with Gasteiger partial charge in [0.05, 0.1) is 12.3 Å². The Hall–Kier alpha value is -2.75. The van der Waals surface area contributed by atoms with Gasteiger partial charge in [-0.25, -0.2) is 14.5 Å². The zero-order valence-corrected chi connectivity index (χ0v) is 20.5. The standard InChI is InChI=1S/C24H28ClN5O3S/c1-24(17-26)12-5-14-29(15-13-24)34(32,33)28-23(31)30-16-21(18-6-3-2-4-7-18)22(27-30)19-8-10-20(25)11-9-19/h2-4,6-11,17,21,26H,5,12-16H2,1H3,(H,28,31). The Morgan fingerprint density at radius 2 is 1.85 bits per heavy atom. The third kappa shape index (κ3) is 5.32. The van der Waals surface area contributed by atoms with Crippen molar-refractivity contribution < 1.29 is 13.2 Å². The predicted molar refractivity (Wildman–Crippen MR) is 134 cm³/mol. The Morgan fingerprint density at radius 3 is 2.53 bits per heavy atom. The maximum Gasteiger partial charge on any atom is 0.352 e. The van der Waals surface area contributed by atoms with Crippen LogP contribution in [-0.2, 0) is 10.2 Å². The molecule has 10 heteroatoms. The lowest BCUT2D eigenvalue weighted by molar-refractivity contribution is 0.209. The summed E-state index contributed by atoms with van der Waals surface area (Å²) in [6.45, 7) is 2.73. The van der Waals surface area contributed by atoms with Crippen LogP contribution in [0.15, 0.2) is 59.7 Å². The molecule has 0 saturated carbocycles. The van der Waals surface area contributed by atoms with Gasteiger partial charge in [-0.05, 0) is 42.5 Å². The van der Waals surface area contributed by atoms with Crippen molar-refractivity contribution in [1.82, 2.24) is 14.0 Å². The maximum absolute atomic E-state index is 13.0. The molecule has 180 valence electrons. The fourth-order valence-electron chi connectivity index (χ4n) is 4.34. The molecule has 2 aliphatic rings. The summed E-state index contributed by atoms with van der Waals surface area (Å²) >= 11 is 6.04. The van der Waals surface area contributed by atoms with Crippen LogP contribution in [-0.4, -0.2) is 55.3 Å². The third-order valence-corrected chi connectivity index (χ3v) is 8.21. The number of hydrazone groups is 1. The minimum Gasteiger partial charge on any atom is -0.313 e. The van der Waals surface area contributed by atoms with E-state index in [0.29, 0.717) is 30.1 Å². The molecule has 2 N–H and O–H groups in total. The average molecular weight is 502 g/mol. The van der Waals surface area contributed by atoms with E-state index in [-0.39, 0.29) is 24.4 Å². The van der Waals surface area contributed by atoms with Crippen LogP contribution in [0.5, 0.6) is 0 Å². The van der Waals surface area contributed by atoms with Gasteiger partial charge < -0.3 is 5.41 Å².